The van der Waals surface area contributed by atoms with E-state index in [1.807, 2.05) is 20.8 Å². The van der Waals surface area contributed by atoms with Gasteiger partial charge < -0.3 is 14.4 Å². The lowest BCUT2D eigenvalue weighted by molar-refractivity contribution is 0.0902. The molecule has 0 bridgehead atoms. The monoisotopic (exact) mass is 242 g/mol. The molecule has 0 aromatic carbocycles. The maximum Gasteiger partial charge on any atom is 0.232 e. The van der Waals surface area contributed by atoms with Crippen LogP contribution in [0.25, 0.3) is 0 Å². The zero-order valence-corrected chi connectivity index (χ0v) is 11.2. The zero-order valence-electron chi connectivity index (χ0n) is 11.2. The van der Waals surface area contributed by atoms with Crippen molar-refractivity contribution in [3.05, 3.63) is 11.7 Å². The quantitative estimate of drug-likeness (QED) is 0.828. The summed E-state index contributed by atoms with van der Waals surface area (Å²) in [6.45, 7) is 7.78. The molecule has 5 nitrogen and oxygen atoms in total. The molecule has 98 valence electrons. The largest absolute Gasteiger partial charge is 0.393 e. The Balaban J connectivity index is 2.92. The molecule has 5 heteroatoms. The lowest BCUT2D eigenvalue weighted by Gasteiger charge is -2.19. The van der Waals surface area contributed by atoms with E-state index >= 15 is 0 Å². The molecule has 1 aromatic rings. The van der Waals surface area contributed by atoms with Crippen molar-refractivity contribution < 1.29 is 14.4 Å². The van der Waals surface area contributed by atoms with Crippen molar-refractivity contribution in [3.63, 3.8) is 0 Å². The molecule has 0 spiro atoms. The summed E-state index contributed by atoms with van der Waals surface area (Å²) in [5.41, 5.74) is 0. The van der Waals surface area contributed by atoms with Crippen LogP contribution in [0.5, 0.6) is 0 Å². The number of methoxy groups -OCH3 is 1. The van der Waals surface area contributed by atoms with Crippen LogP contribution in [-0.2, 0) is 4.74 Å². The number of hydrogen-bond acceptors (Lipinski definition) is 5. The molecule has 1 rings (SSSR count). The Kier molecular flexibility index (Phi) is 5.08. The molecule has 3 atom stereocenters. The van der Waals surface area contributed by atoms with Crippen molar-refractivity contribution in [3.8, 4) is 0 Å². The smallest absolute Gasteiger partial charge is 0.232 e. The van der Waals surface area contributed by atoms with E-state index in [0.717, 1.165) is 6.42 Å². The number of nitrogens with zero attached hydrogens (tertiary/aromatic N) is 2. The third-order valence-electron chi connectivity index (χ3n) is 2.92. The average Bonchev–Trinajstić information content (AvgIpc) is 2.68. The highest BCUT2D eigenvalue weighted by atomic mass is 16.5. The van der Waals surface area contributed by atoms with Crippen LogP contribution >= 0.6 is 0 Å². The maximum absolute atomic E-state index is 9.74. The number of ether oxygens (including phenoxy) is 1. The number of aromatic nitrogens is 2. The van der Waals surface area contributed by atoms with Gasteiger partial charge in [-0.2, -0.15) is 4.98 Å². The first-order chi connectivity index (χ1) is 8.01. The van der Waals surface area contributed by atoms with Crippen molar-refractivity contribution in [1.29, 1.82) is 0 Å². The van der Waals surface area contributed by atoms with E-state index in [0.29, 0.717) is 11.7 Å². The molecule has 3 unspecified atom stereocenters. The minimum absolute atomic E-state index is 0.134. The van der Waals surface area contributed by atoms with Gasteiger partial charge in [-0.25, -0.2) is 0 Å². The predicted octanol–water partition coefficient (Wildman–Crippen LogP) is 2.29. The third kappa shape index (κ3) is 3.26. The van der Waals surface area contributed by atoms with Crippen LogP contribution in [0.4, 0.5) is 0 Å². The molecule has 17 heavy (non-hydrogen) atoms. The average molecular weight is 242 g/mol. The number of hydrogen-bond donors (Lipinski definition) is 1. The molecule has 1 N–H and O–H groups in total. The summed E-state index contributed by atoms with van der Waals surface area (Å²) in [5, 5.41) is 13.7. The highest BCUT2D eigenvalue weighted by Crippen LogP contribution is 2.28. The molecular formula is C12H22N2O3. The lowest BCUT2D eigenvalue weighted by atomic mass is 9.91. The molecule has 0 saturated heterocycles. The van der Waals surface area contributed by atoms with E-state index in [2.05, 4.69) is 10.1 Å². The fraction of sp³-hybridized carbons (Fsp3) is 0.833. The van der Waals surface area contributed by atoms with Gasteiger partial charge in [0.2, 0.25) is 11.7 Å². The first-order valence-electron chi connectivity index (χ1n) is 6.05. The van der Waals surface area contributed by atoms with Gasteiger partial charge in [-0.3, -0.25) is 0 Å². The Hall–Kier alpha value is -0.940. The highest BCUT2D eigenvalue weighted by Gasteiger charge is 2.28. The van der Waals surface area contributed by atoms with E-state index < -0.39 is 6.10 Å². The Morgan fingerprint density at radius 3 is 2.41 bits per heavy atom. The molecule has 0 radical (unpaired) electrons. The Bertz CT molecular complexity index is 324. The van der Waals surface area contributed by atoms with E-state index in [9.17, 15) is 5.11 Å². The summed E-state index contributed by atoms with van der Waals surface area (Å²) < 4.78 is 10.5. The van der Waals surface area contributed by atoms with Gasteiger partial charge in [0.05, 0.1) is 12.0 Å². The van der Waals surface area contributed by atoms with Gasteiger partial charge in [0.1, 0.15) is 6.10 Å². The number of rotatable bonds is 6. The minimum Gasteiger partial charge on any atom is -0.393 e. The van der Waals surface area contributed by atoms with Crippen LogP contribution in [0.1, 0.15) is 57.9 Å². The van der Waals surface area contributed by atoms with Crippen LogP contribution < -0.4 is 0 Å². The molecule has 0 aliphatic rings. The normalized spacial score (nSPS) is 17.1. The first kappa shape index (κ1) is 14.1. The molecule has 1 heterocycles. The van der Waals surface area contributed by atoms with Crippen molar-refractivity contribution in [2.45, 2.75) is 52.2 Å². The van der Waals surface area contributed by atoms with Crippen LogP contribution in [0.2, 0.25) is 0 Å². The Morgan fingerprint density at radius 1 is 1.35 bits per heavy atom. The maximum atomic E-state index is 9.74. The molecule has 0 aliphatic heterocycles. The summed E-state index contributed by atoms with van der Waals surface area (Å²) in [7, 11) is 1.62. The number of aliphatic hydroxyl groups excluding tert-OH is 1. The van der Waals surface area contributed by atoms with E-state index in [-0.39, 0.29) is 17.9 Å². The molecule has 0 saturated carbocycles. The molecule has 0 amide bonds. The summed E-state index contributed by atoms with van der Waals surface area (Å²) in [6.07, 6.45) is 0.136. The fourth-order valence-corrected chi connectivity index (χ4v) is 2.02. The van der Waals surface area contributed by atoms with E-state index in [1.165, 1.54) is 0 Å². The summed E-state index contributed by atoms with van der Waals surface area (Å²) in [6, 6.07) is 0. The van der Waals surface area contributed by atoms with Gasteiger partial charge in [0.25, 0.3) is 0 Å². The second kappa shape index (κ2) is 6.12. The standard InChI is InChI=1S/C12H22N2O3/c1-6-9(16-5)11-13-12(17-14-11)10(7(2)3)8(4)15/h7-10,15H,6H2,1-5H3. The van der Waals surface area contributed by atoms with Crippen LogP contribution in [-0.4, -0.2) is 28.5 Å². The second-order valence-corrected chi connectivity index (χ2v) is 4.63. The minimum atomic E-state index is -0.508. The SMILES string of the molecule is CCC(OC)c1noc(C(C(C)C)C(C)O)n1. The van der Waals surface area contributed by atoms with Crippen LogP contribution in [0, 0.1) is 5.92 Å². The molecule has 1 aromatic heterocycles. The van der Waals surface area contributed by atoms with Crippen molar-refractivity contribution in [2.24, 2.45) is 5.92 Å². The fourth-order valence-electron chi connectivity index (χ4n) is 2.02. The summed E-state index contributed by atoms with van der Waals surface area (Å²) in [4.78, 5) is 4.33. The third-order valence-corrected chi connectivity index (χ3v) is 2.92. The molecular weight excluding hydrogens is 220 g/mol. The second-order valence-electron chi connectivity index (χ2n) is 4.63. The van der Waals surface area contributed by atoms with Crippen molar-refractivity contribution >= 4 is 0 Å². The molecule has 0 aliphatic carbocycles. The van der Waals surface area contributed by atoms with Gasteiger partial charge in [-0.05, 0) is 19.3 Å². The predicted molar refractivity (Wildman–Crippen MR) is 63.6 cm³/mol. The lowest BCUT2D eigenvalue weighted by Crippen LogP contribution is -2.20. The Labute approximate surface area is 102 Å². The Morgan fingerprint density at radius 2 is 2.00 bits per heavy atom. The summed E-state index contributed by atoms with van der Waals surface area (Å²) >= 11 is 0. The van der Waals surface area contributed by atoms with Crippen molar-refractivity contribution in [2.75, 3.05) is 7.11 Å². The molecule has 0 fully saturated rings. The van der Waals surface area contributed by atoms with E-state index in [1.54, 1.807) is 14.0 Å². The van der Waals surface area contributed by atoms with Crippen LogP contribution in [0.15, 0.2) is 4.52 Å². The van der Waals surface area contributed by atoms with Gasteiger partial charge in [-0.15, -0.1) is 0 Å². The van der Waals surface area contributed by atoms with Gasteiger partial charge in [0, 0.05) is 7.11 Å². The van der Waals surface area contributed by atoms with Crippen LogP contribution in [0.3, 0.4) is 0 Å². The van der Waals surface area contributed by atoms with Gasteiger partial charge in [-0.1, -0.05) is 25.9 Å². The first-order valence-corrected chi connectivity index (χ1v) is 6.05. The van der Waals surface area contributed by atoms with E-state index in [4.69, 9.17) is 9.26 Å². The topological polar surface area (TPSA) is 68.4 Å². The van der Waals surface area contributed by atoms with Gasteiger partial charge >= 0.3 is 0 Å². The van der Waals surface area contributed by atoms with Crippen molar-refractivity contribution in [1.82, 2.24) is 10.1 Å². The number of aliphatic hydroxyl groups is 1. The van der Waals surface area contributed by atoms with Gasteiger partial charge in [0.15, 0.2) is 0 Å². The zero-order chi connectivity index (χ0) is 13.0. The highest BCUT2D eigenvalue weighted by molar-refractivity contribution is 4.99. The summed E-state index contributed by atoms with van der Waals surface area (Å²) in [5.74, 6) is 1.15.